The van der Waals surface area contributed by atoms with Crippen LogP contribution in [0.5, 0.6) is 0 Å². The van der Waals surface area contributed by atoms with Gasteiger partial charge in [0.05, 0.1) is 5.25 Å². The molecule has 0 fully saturated rings. The van der Waals surface area contributed by atoms with Gasteiger partial charge in [-0.15, -0.1) is 11.7 Å². The van der Waals surface area contributed by atoms with Gasteiger partial charge in [0.15, 0.2) is 5.17 Å². The number of thioether (sulfide) groups is 1. The van der Waals surface area contributed by atoms with Crippen molar-refractivity contribution in [1.29, 1.82) is 0 Å². The van der Waals surface area contributed by atoms with Gasteiger partial charge in [-0.25, -0.2) is 4.99 Å². The van der Waals surface area contributed by atoms with E-state index in [0.29, 0.717) is 6.42 Å². The Labute approximate surface area is 187 Å². The Balaban J connectivity index is 0.00000163. The van der Waals surface area contributed by atoms with Crippen molar-refractivity contribution < 1.29 is 0 Å². The summed E-state index contributed by atoms with van der Waals surface area (Å²) >= 11 is 27.9. The maximum absolute atomic E-state index is 5.48. The van der Waals surface area contributed by atoms with E-state index in [1.165, 1.54) is 0 Å². The lowest BCUT2D eigenvalue weighted by atomic mass is 10.2. The monoisotopic (exact) mass is 499 g/mol. The number of para-hydroxylation sites is 1. The van der Waals surface area contributed by atoms with Gasteiger partial charge in [-0.05, 0) is 45.0 Å². The fourth-order valence-electron chi connectivity index (χ4n) is 2.09. The highest BCUT2D eigenvalue weighted by atomic mass is 33.5. The van der Waals surface area contributed by atoms with Gasteiger partial charge < -0.3 is 12.9 Å². The van der Waals surface area contributed by atoms with Crippen molar-refractivity contribution in [1.82, 2.24) is 0 Å². The lowest BCUT2D eigenvalue weighted by Crippen LogP contribution is -2.35. The van der Waals surface area contributed by atoms with Crippen LogP contribution in [0.15, 0.2) is 47.6 Å². The molecule has 0 aromatic heterocycles. The zero-order valence-electron chi connectivity index (χ0n) is 15.1. The minimum absolute atomic E-state index is 0.0713. The van der Waals surface area contributed by atoms with E-state index in [1.54, 1.807) is 11.8 Å². The molecule has 2 rings (SSSR count). The van der Waals surface area contributed by atoms with Crippen LogP contribution >= 0.6 is 23.4 Å². The normalized spacial score (nSPS) is 19.4. The maximum Gasteiger partial charge on any atom is 0.168 e. The number of hydrogen-bond donors (Lipinski definition) is 1. The fourth-order valence-corrected chi connectivity index (χ4v) is 12.2. The molecule has 1 aromatic carbocycles. The van der Waals surface area contributed by atoms with E-state index in [-0.39, 0.29) is 5.25 Å². The number of benzene rings is 1. The van der Waals surface area contributed by atoms with Crippen LogP contribution in [0.1, 0.15) is 27.2 Å². The van der Waals surface area contributed by atoms with Gasteiger partial charge in [0.1, 0.15) is 0 Å². The molecule has 0 N–H and O–H groups in total. The molecule has 1 aliphatic heterocycles. The number of aliphatic imine (C=N–C) groups is 1. The Morgan fingerprint density at radius 3 is 2.31 bits per heavy atom. The summed E-state index contributed by atoms with van der Waals surface area (Å²) in [5.74, 6) is 0. The highest BCUT2D eigenvalue weighted by Gasteiger charge is 2.33. The fraction of sp³-hybridized carbons (Fsp3) is 0.438. The van der Waals surface area contributed by atoms with Crippen molar-refractivity contribution in [3.05, 3.63) is 42.6 Å². The van der Waals surface area contributed by atoms with Gasteiger partial charge >= 0.3 is 0 Å². The van der Waals surface area contributed by atoms with Crippen molar-refractivity contribution in [2.24, 2.45) is 4.99 Å². The smallest absolute Gasteiger partial charge is 0.168 e. The molecule has 1 aliphatic rings. The second-order valence-electron chi connectivity index (χ2n) is 5.43. The first-order chi connectivity index (χ1) is 12.1. The highest BCUT2D eigenvalue weighted by Crippen LogP contribution is 2.40. The van der Waals surface area contributed by atoms with Crippen LogP contribution < -0.4 is 4.90 Å². The molecule has 0 spiro atoms. The molecule has 26 heavy (non-hydrogen) atoms. The molecule has 0 radical (unpaired) electrons. The lowest BCUT2D eigenvalue weighted by Gasteiger charge is -2.39. The van der Waals surface area contributed by atoms with Crippen LogP contribution in [0, 0.1) is 0 Å². The van der Waals surface area contributed by atoms with Gasteiger partial charge in [-0.1, -0.05) is 63.5 Å². The molecule has 0 aliphatic carbocycles. The molecular formula is C16H23N2S8-. The molecule has 0 amide bonds. The maximum atomic E-state index is 5.48. The molecule has 1 aromatic rings. The van der Waals surface area contributed by atoms with Crippen molar-refractivity contribution >= 4 is 93.2 Å². The van der Waals surface area contributed by atoms with Gasteiger partial charge in [-0.3, -0.25) is 22.4 Å². The zero-order valence-corrected chi connectivity index (χ0v) is 21.7. The number of anilines is 1. The summed E-state index contributed by atoms with van der Waals surface area (Å²) in [5, 5.41) is 0.975. The van der Waals surface area contributed by atoms with Crippen LogP contribution in [-0.4, -0.2) is 21.5 Å². The minimum Gasteiger partial charge on any atom is -0.331 e. The molecule has 0 bridgehead atoms. The lowest BCUT2D eigenvalue weighted by molar-refractivity contribution is 0.781. The van der Waals surface area contributed by atoms with Gasteiger partial charge in [0, 0.05) is 18.4 Å². The van der Waals surface area contributed by atoms with Gasteiger partial charge in [0.25, 0.3) is 0 Å². The van der Waals surface area contributed by atoms with Crippen LogP contribution in [0.3, 0.4) is 0 Å². The molecule has 1 heterocycles. The van der Waals surface area contributed by atoms with Crippen molar-refractivity contribution in [3.63, 3.8) is 0 Å². The van der Waals surface area contributed by atoms with Crippen LogP contribution in [0.4, 0.5) is 5.69 Å². The van der Waals surface area contributed by atoms with E-state index in [1.807, 2.05) is 58.2 Å². The Morgan fingerprint density at radius 2 is 1.85 bits per heavy atom. The summed E-state index contributed by atoms with van der Waals surface area (Å²) in [6.07, 6.45) is -1.36. The first-order valence-electron chi connectivity index (χ1n) is 7.85. The Morgan fingerprint density at radius 1 is 1.31 bits per heavy atom. The first-order valence-corrected chi connectivity index (χ1v) is 16.3. The summed E-state index contributed by atoms with van der Waals surface area (Å²) in [6.45, 7) is 10.1. The van der Waals surface area contributed by atoms with E-state index >= 15 is 0 Å². The standard InChI is InChI=1S/C14H17N2S8.C2H6/c1-10-12(9-14(2,23(17)18)24(19,20)21)22-13(15-10)16(3)11-7-5-4-6-8-11;1-2/h4-8,12H,1,9H2,2-3H3,(H,19,20,21);1-2H3/q-1;/t12-,14?;/m0./s1. The second-order valence-corrected chi connectivity index (χ2v) is 19.5. The molecule has 2 nitrogen and oxygen atoms in total. The summed E-state index contributed by atoms with van der Waals surface area (Å²) in [6, 6.07) is 10.1. The highest BCUT2D eigenvalue weighted by molar-refractivity contribution is 8.95. The summed E-state index contributed by atoms with van der Waals surface area (Å²) < 4.78 is -0.525. The van der Waals surface area contributed by atoms with E-state index < -0.39 is 18.3 Å². The van der Waals surface area contributed by atoms with E-state index in [0.717, 1.165) is 16.6 Å². The second kappa shape index (κ2) is 10.5. The third-order valence-electron chi connectivity index (χ3n) is 3.74. The number of thiol groups is 1. The quantitative estimate of drug-likeness (QED) is 0.356. The van der Waals surface area contributed by atoms with E-state index in [9.17, 15) is 0 Å². The SMILES string of the molecule is C=C1N=C(N(C)c2ccccc2)S[C@H]1CC(C)([S-](=S)=S)S(=S)(=S)S.CC. The Kier molecular flexibility index (Phi) is 9.97. The van der Waals surface area contributed by atoms with Crippen molar-refractivity contribution in [2.75, 3.05) is 11.9 Å². The molecule has 146 valence electrons. The Hall–Kier alpha value is 0.710. The minimum atomic E-state index is -2.02. The van der Waals surface area contributed by atoms with Crippen LogP contribution in [-0.2, 0) is 58.9 Å². The van der Waals surface area contributed by atoms with Crippen LogP contribution in [0.2, 0.25) is 0 Å². The van der Waals surface area contributed by atoms with Crippen LogP contribution in [0.25, 0.3) is 0 Å². The first kappa shape index (κ1) is 24.7. The predicted octanol–water partition coefficient (Wildman–Crippen LogP) is 4.71. The largest absolute Gasteiger partial charge is 0.331 e. The summed E-state index contributed by atoms with van der Waals surface area (Å²) in [5.41, 5.74) is 1.88. The molecule has 0 saturated carbocycles. The number of amidine groups is 1. The van der Waals surface area contributed by atoms with Gasteiger partial charge in [0.2, 0.25) is 0 Å². The van der Waals surface area contributed by atoms with E-state index in [2.05, 4.69) is 28.1 Å². The topological polar surface area (TPSA) is 15.6 Å². The summed E-state index contributed by atoms with van der Waals surface area (Å²) in [7, 11) is 1.24. The molecule has 2 atom stereocenters. The Bertz CT molecular complexity index is 834. The molecule has 10 heteroatoms. The zero-order chi connectivity index (χ0) is 20.1. The molecule has 1 unspecified atom stereocenters. The average molecular weight is 500 g/mol. The van der Waals surface area contributed by atoms with Gasteiger partial charge in [-0.2, -0.15) is 0 Å². The third-order valence-corrected chi connectivity index (χ3v) is 15.7. The summed E-state index contributed by atoms with van der Waals surface area (Å²) in [4.78, 5) is 6.69. The average Bonchev–Trinajstić information content (AvgIpc) is 2.96. The van der Waals surface area contributed by atoms with E-state index in [4.69, 9.17) is 44.8 Å². The molecule has 0 saturated heterocycles. The number of rotatable bonds is 5. The predicted molar refractivity (Wildman–Crippen MR) is 140 cm³/mol. The third kappa shape index (κ3) is 5.85. The van der Waals surface area contributed by atoms with Crippen molar-refractivity contribution in [2.45, 2.75) is 36.5 Å². The number of nitrogens with zero attached hydrogens (tertiary/aromatic N) is 2. The number of hydrogen-bond acceptors (Lipinski definition) is 8. The van der Waals surface area contributed by atoms with Crippen molar-refractivity contribution in [3.8, 4) is 0 Å². The molecular weight excluding hydrogens is 477 g/mol.